The number of ether oxygens (including phenoxy) is 1. The molecule has 0 bridgehead atoms. The summed E-state index contributed by atoms with van der Waals surface area (Å²) < 4.78 is 4.30. The Morgan fingerprint density at radius 3 is 2.88 bits per heavy atom. The van der Waals surface area contributed by atoms with Gasteiger partial charge in [-0.3, -0.25) is 10.1 Å². The molecule has 17 heavy (non-hydrogen) atoms. The maximum atomic E-state index is 10.4. The monoisotopic (exact) mass is 276 g/mol. The van der Waals surface area contributed by atoms with Gasteiger partial charge < -0.3 is 9.84 Å². The Balaban J connectivity index is 2.27. The minimum absolute atomic E-state index is 0.0615. The fraction of sp³-hybridized carbons (Fsp3) is 0.250. The molecule has 0 aromatic carbocycles. The lowest BCUT2D eigenvalue weighted by Crippen LogP contribution is -2.02. The summed E-state index contributed by atoms with van der Waals surface area (Å²) in [5, 5.41) is 19.2. The minimum atomic E-state index is -1.30. The second-order valence-electron chi connectivity index (χ2n) is 2.63. The van der Waals surface area contributed by atoms with E-state index in [9.17, 15) is 14.9 Å². The first-order valence-electron chi connectivity index (χ1n) is 4.35. The van der Waals surface area contributed by atoms with Gasteiger partial charge in [-0.2, -0.15) is 0 Å². The van der Waals surface area contributed by atoms with E-state index in [-0.39, 0.29) is 12.3 Å². The van der Waals surface area contributed by atoms with Gasteiger partial charge in [0.25, 0.3) is 5.69 Å². The van der Waals surface area contributed by atoms with Crippen LogP contribution in [0.5, 0.6) is 0 Å². The van der Waals surface area contributed by atoms with E-state index >= 15 is 0 Å². The predicted octanol–water partition coefficient (Wildman–Crippen LogP) is 2.42. The maximum Gasteiger partial charge on any atom is 0.505 e. The predicted molar refractivity (Wildman–Crippen MR) is 63.2 cm³/mol. The Hall–Kier alpha value is -1.48. The number of rotatable bonds is 6. The number of hydrogen-bond donors (Lipinski definition) is 1. The molecule has 0 saturated heterocycles. The highest BCUT2D eigenvalue weighted by Gasteiger charge is 2.05. The van der Waals surface area contributed by atoms with E-state index in [2.05, 4.69) is 9.72 Å². The van der Waals surface area contributed by atoms with Crippen molar-refractivity contribution >= 4 is 33.4 Å². The fourth-order valence-electron chi connectivity index (χ4n) is 0.795. The zero-order valence-corrected chi connectivity index (χ0v) is 10.1. The second-order valence-corrected chi connectivity index (χ2v) is 5.07. The van der Waals surface area contributed by atoms with E-state index in [0.29, 0.717) is 10.8 Å². The largest absolute Gasteiger partial charge is 0.505 e. The van der Waals surface area contributed by atoms with Gasteiger partial charge >= 0.3 is 6.16 Å². The summed E-state index contributed by atoms with van der Waals surface area (Å²) in [6, 6.07) is 2.90. The smallest absolute Gasteiger partial charge is 0.450 e. The van der Waals surface area contributed by atoms with Crippen molar-refractivity contribution in [1.82, 2.24) is 4.98 Å². The van der Waals surface area contributed by atoms with E-state index in [1.807, 2.05) is 0 Å². The van der Waals surface area contributed by atoms with Crippen molar-refractivity contribution in [3.05, 3.63) is 28.4 Å². The Morgan fingerprint density at radius 1 is 1.59 bits per heavy atom. The molecule has 7 nitrogen and oxygen atoms in total. The normalized spacial score (nSPS) is 9.88. The molecule has 0 aliphatic carbocycles. The van der Waals surface area contributed by atoms with Crippen LogP contribution in [0.1, 0.15) is 0 Å². The molecular weight excluding hydrogens is 268 g/mol. The van der Waals surface area contributed by atoms with Crippen molar-refractivity contribution in [1.29, 1.82) is 0 Å². The van der Waals surface area contributed by atoms with E-state index in [4.69, 9.17) is 5.11 Å². The van der Waals surface area contributed by atoms with Crippen LogP contribution in [0.15, 0.2) is 23.4 Å². The third-order valence-corrected chi connectivity index (χ3v) is 3.70. The first-order valence-corrected chi connectivity index (χ1v) is 6.67. The summed E-state index contributed by atoms with van der Waals surface area (Å²) in [5.74, 6) is 0.482. The van der Waals surface area contributed by atoms with Crippen LogP contribution in [0.2, 0.25) is 0 Å². The molecule has 9 heteroatoms. The van der Waals surface area contributed by atoms with Crippen LogP contribution < -0.4 is 0 Å². The molecule has 0 spiro atoms. The van der Waals surface area contributed by atoms with Crippen molar-refractivity contribution in [2.45, 2.75) is 5.03 Å². The van der Waals surface area contributed by atoms with Crippen LogP contribution in [0.4, 0.5) is 10.5 Å². The van der Waals surface area contributed by atoms with Crippen molar-refractivity contribution in [3.63, 3.8) is 0 Å². The Bertz CT molecular complexity index is 397. The lowest BCUT2D eigenvalue weighted by atomic mass is 10.4. The highest BCUT2D eigenvalue weighted by Crippen LogP contribution is 2.29. The van der Waals surface area contributed by atoms with E-state index < -0.39 is 11.1 Å². The Labute approximate surface area is 104 Å². The van der Waals surface area contributed by atoms with Gasteiger partial charge in [-0.25, -0.2) is 9.78 Å². The fourth-order valence-corrected chi connectivity index (χ4v) is 2.48. The molecular formula is C8H8N2O5S2. The first-order chi connectivity index (χ1) is 8.09. The van der Waals surface area contributed by atoms with Gasteiger partial charge in [0, 0.05) is 11.8 Å². The topological polar surface area (TPSA) is 103 Å². The number of nitrogens with zero attached hydrogens (tertiary/aromatic N) is 2. The van der Waals surface area contributed by atoms with Gasteiger partial charge in [0.1, 0.15) is 17.8 Å². The summed E-state index contributed by atoms with van der Waals surface area (Å²) in [5.41, 5.74) is -0.0615. The zero-order valence-electron chi connectivity index (χ0n) is 8.44. The van der Waals surface area contributed by atoms with Crippen LogP contribution in [0.25, 0.3) is 0 Å². The van der Waals surface area contributed by atoms with E-state index in [1.54, 1.807) is 0 Å². The molecule has 0 unspecified atom stereocenters. The molecule has 1 aromatic heterocycles. The molecule has 1 rings (SSSR count). The van der Waals surface area contributed by atoms with Crippen molar-refractivity contribution < 1.29 is 19.6 Å². The van der Waals surface area contributed by atoms with Crippen molar-refractivity contribution in [2.24, 2.45) is 0 Å². The van der Waals surface area contributed by atoms with Crippen molar-refractivity contribution in [3.8, 4) is 0 Å². The standard InChI is InChI=1S/C8H8N2O5S2/c11-8(12)15-3-4-16-17-7-2-1-6(5-9-7)10(13)14/h1-2,5H,3-4H2,(H,11,12). The summed E-state index contributed by atoms with van der Waals surface area (Å²) >= 11 is 0. The van der Waals surface area contributed by atoms with E-state index in [0.717, 1.165) is 0 Å². The van der Waals surface area contributed by atoms with Crippen LogP contribution in [-0.2, 0) is 4.74 Å². The molecule has 1 heterocycles. The molecule has 0 fully saturated rings. The minimum Gasteiger partial charge on any atom is -0.450 e. The van der Waals surface area contributed by atoms with Gasteiger partial charge in [-0.1, -0.05) is 10.8 Å². The molecule has 0 saturated carbocycles. The molecule has 0 aliphatic rings. The maximum absolute atomic E-state index is 10.4. The lowest BCUT2D eigenvalue weighted by molar-refractivity contribution is -0.385. The third kappa shape index (κ3) is 5.41. The van der Waals surface area contributed by atoms with Gasteiger partial charge in [0.2, 0.25) is 0 Å². The van der Waals surface area contributed by atoms with Gasteiger partial charge in [0.05, 0.1) is 4.92 Å². The second kappa shape index (κ2) is 6.97. The summed E-state index contributed by atoms with van der Waals surface area (Å²) in [6.07, 6.45) is -0.125. The van der Waals surface area contributed by atoms with Crippen LogP contribution in [0, 0.1) is 10.1 Å². The van der Waals surface area contributed by atoms with Crippen LogP contribution >= 0.6 is 21.6 Å². The quantitative estimate of drug-likeness (QED) is 0.278. The van der Waals surface area contributed by atoms with Gasteiger partial charge in [-0.05, 0) is 16.9 Å². The number of carboxylic acid groups (broad SMARTS) is 1. The molecule has 92 valence electrons. The highest BCUT2D eigenvalue weighted by molar-refractivity contribution is 8.76. The average Bonchev–Trinajstić information content (AvgIpc) is 2.29. The third-order valence-electron chi connectivity index (χ3n) is 1.47. The number of carbonyl (C=O) groups is 1. The average molecular weight is 276 g/mol. The van der Waals surface area contributed by atoms with Crippen LogP contribution in [-0.4, -0.2) is 33.5 Å². The Morgan fingerprint density at radius 2 is 2.35 bits per heavy atom. The molecule has 0 amide bonds. The summed E-state index contributed by atoms with van der Waals surface area (Å²) in [7, 11) is 2.66. The lowest BCUT2D eigenvalue weighted by Gasteiger charge is -2.00. The van der Waals surface area contributed by atoms with Crippen LogP contribution in [0.3, 0.4) is 0 Å². The molecule has 1 aromatic rings. The Kier molecular flexibility index (Phi) is 5.57. The zero-order chi connectivity index (χ0) is 12.7. The number of aromatic nitrogens is 1. The molecule has 0 aliphatic heterocycles. The van der Waals surface area contributed by atoms with E-state index in [1.165, 1.54) is 39.9 Å². The SMILES string of the molecule is O=C(O)OCCSSc1ccc([N+](=O)[O-])cn1. The number of nitro groups is 1. The summed E-state index contributed by atoms with van der Waals surface area (Å²) in [4.78, 5) is 23.7. The molecule has 0 atom stereocenters. The first kappa shape index (κ1) is 13.6. The number of pyridine rings is 1. The molecule has 0 radical (unpaired) electrons. The van der Waals surface area contributed by atoms with Crippen molar-refractivity contribution in [2.75, 3.05) is 12.4 Å². The summed E-state index contributed by atoms with van der Waals surface area (Å²) in [6.45, 7) is 0.0972. The van der Waals surface area contributed by atoms with Gasteiger partial charge in [0.15, 0.2) is 0 Å². The molecule has 1 N–H and O–H groups in total. The van der Waals surface area contributed by atoms with Gasteiger partial charge in [-0.15, -0.1) is 0 Å². The highest BCUT2D eigenvalue weighted by atomic mass is 33.1. The number of hydrogen-bond acceptors (Lipinski definition) is 7.